The van der Waals surface area contributed by atoms with Gasteiger partial charge in [0.15, 0.2) is 5.96 Å². The van der Waals surface area contributed by atoms with Crippen LogP contribution in [0.25, 0.3) is 10.9 Å². The molecule has 1 saturated carbocycles. The van der Waals surface area contributed by atoms with E-state index >= 15 is 0 Å². The molecule has 8 nitrogen and oxygen atoms in total. The van der Waals surface area contributed by atoms with Gasteiger partial charge in [0, 0.05) is 22.0 Å². The number of aromatic nitrogens is 2. The highest BCUT2D eigenvalue weighted by molar-refractivity contribution is 6.35. The quantitative estimate of drug-likeness (QED) is 0.276. The molecule has 1 aliphatic rings. The average Bonchev–Trinajstić information content (AvgIpc) is 2.81. The van der Waals surface area contributed by atoms with E-state index in [1.54, 1.807) is 12.1 Å². The van der Waals surface area contributed by atoms with Crippen molar-refractivity contribution in [2.75, 3.05) is 11.9 Å². The number of hydrogen-bond acceptors (Lipinski definition) is 5. The number of benzene rings is 2. The Morgan fingerprint density at radius 1 is 1.11 bits per heavy atom. The molecule has 0 spiro atoms. The molecule has 184 valence electrons. The van der Waals surface area contributed by atoms with Crippen molar-refractivity contribution in [1.82, 2.24) is 15.3 Å². The van der Waals surface area contributed by atoms with Crippen molar-refractivity contribution in [3.8, 4) is 0 Å². The number of nitrogens with zero attached hydrogens (tertiary/aromatic N) is 3. The number of nitrogens with one attached hydrogen (secondary N) is 2. The Morgan fingerprint density at radius 3 is 2.69 bits per heavy atom. The minimum absolute atomic E-state index is 0.00687. The first-order valence-corrected chi connectivity index (χ1v) is 12.4. The van der Waals surface area contributed by atoms with Crippen molar-refractivity contribution in [2.45, 2.75) is 51.1 Å². The summed E-state index contributed by atoms with van der Waals surface area (Å²) in [5.74, 6) is 0.422. The van der Waals surface area contributed by atoms with Crippen molar-refractivity contribution >= 4 is 51.8 Å². The van der Waals surface area contributed by atoms with Crippen LogP contribution in [0.4, 0.5) is 5.82 Å². The van der Waals surface area contributed by atoms with Crippen molar-refractivity contribution in [2.24, 2.45) is 16.5 Å². The van der Waals surface area contributed by atoms with Gasteiger partial charge in [-0.15, -0.1) is 0 Å². The third-order valence-electron chi connectivity index (χ3n) is 6.12. The molecule has 4 rings (SSSR count). The number of amides is 1. The zero-order valence-electron chi connectivity index (χ0n) is 19.5. The lowest BCUT2D eigenvalue weighted by Crippen LogP contribution is -2.38. The van der Waals surface area contributed by atoms with E-state index in [4.69, 9.17) is 34.7 Å². The van der Waals surface area contributed by atoms with Crippen LogP contribution in [-0.4, -0.2) is 40.5 Å². The second-order valence-corrected chi connectivity index (χ2v) is 9.66. The smallest absolute Gasteiger partial charge is 0.289 e. The lowest BCUT2D eigenvalue weighted by Gasteiger charge is -2.30. The van der Waals surface area contributed by atoms with Crippen LogP contribution in [-0.2, 0) is 6.42 Å². The zero-order valence-corrected chi connectivity index (χ0v) is 21.0. The Morgan fingerprint density at radius 2 is 1.91 bits per heavy atom. The number of halogens is 2. The maximum Gasteiger partial charge on any atom is 0.289 e. The maximum absolute atomic E-state index is 13.0. The predicted molar refractivity (Wildman–Crippen MR) is 142 cm³/mol. The van der Waals surface area contributed by atoms with Gasteiger partial charge >= 0.3 is 0 Å². The summed E-state index contributed by atoms with van der Waals surface area (Å²) in [6.45, 7) is 2.39. The Balaban J connectivity index is 1.56. The van der Waals surface area contributed by atoms with Crippen LogP contribution in [0.1, 0.15) is 47.4 Å². The van der Waals surface area contributed by atoms with Gasteiger partial charge in [-0.3, -0.25) is 4.79 Å². The van der Waals surface area contributed by atoms with E-state index in [0.717, 1.165) is 42.2 Å². The summed E-state index contributed by atoms with van der Waals surface area (Å²) in [5.41, 5.74) is 14.0. The second kappa shape index (κ2) is 11.1. The maximum atomic E-state index is 13.0. The molecule has 2 aromatic carbocycles. The Hall–Kier alpha value is -3.10. The van der Waals surface area contributed by atoms with Crippen molar-refractivity contribution in [1.29, 1.82) is 0 Å². The number of fused-ring (bicyclic) bond motifs is 1. The zero-order chi connectivity index (χ0) is 24.9. The molecule has 1 heterocycles. The summed E-state index contributed by atoms with van der Waals surface area (Å²) in [5, 5.41) is 8.40. The summed E-state index contributed by atoms with van der Waals surface area (Å²) >= 11 is 12.2. The molecule has 1 aliphatic carbocycles. The molecule has 0 bridgehead atoms. The number of carbonyl (C=O) groups is 1. The van der Waals surface area contributed by atoms with E-state index in [0.29, 0.717) is 34.3 Å². The highest BCUT2D eigenvalue weighted by atomic mass is 35.5. The van der Waals surface area contributed by atoms with Gasteiger partial charge in [-0.2, -0.15) is 0 Å². The van der Waals surface area contributed by atoms with Crippen LogP contribution in [0.5, 0.6) is 0 Å². The summed E-state index contributed by atoms with van der Waals surface area (Å²) < 4.78 is 0. The van der Waals surface area contributed by atoms with E-state index in [1.807, 2.05) is 31.2 Å². The van der Waals surface area contributed by atoms with E-state index in [2.05, 4.69) is 25.6 Å². The second-order valence-electron chi connectivity index (χ2n) is 8.81. The molecule has 3 aromatic rings. The van der Waals surface area contributed by atoms with Gasteiger partial charge < -0.3 is 22.1 Å². The monoisotopic (exact) mass is 513 g/mol. The third-order valence-corrected chi connectivity index (χ3v) is 6.70. The van der Waals surface area contributed by atoms with E-state index in [9.17, 15) is 4.79 Å². The summed E-state index contributed by atoms with van der Waals surface area (Å²) in [6, 6.07) is 11.1. The molecular weight excluding hydrogens is 485 g/mol. The summed E-state index contributed by atoms with van der Waals surface area (Å²) in [7, 11) is 0. The van der Waals surface area contributed by atoms with Crippen LogP contribution in [0.15, 0.2) is 41.4 Å². The van der Waals surface area contributed by atoms with Crippen molar-refractivity contribution < 1.29 is 4.79 Å². The minimum atomic E-state index is -0.356. The van der Waals surface area contributed by atoms with Gasteiger partial charge in [0.1, 0.15) is 5.82 Å². The molecule has 2 atom stereocenters. The number of aliphatic imine (C=N–C) groups is 1. The number of aryl methyl sites for hydroxylation is 1. The molecule has 35 heavy (non-hydrogen) atoms. The number of rotatable bonds is 7. The molecule has 2 unspecified atom stereocenters. The van der Waals surface area contributed by atoms with Crippen molar-refractivity contribution in [3.63, 3.8) is 0 Å². The van der Waals surface area contributed by atoms with E-state index < -0.39 is 0 Å². The van der Waals surface area contributed by atoms with Gasteiger partial charge in [0.05, 0.1) is 17.6 Å². The van der Waals surface area contributed by atoms with Gasteiger partial charge in [0.2, 0.25) is 5.82 Å². The number of nitrogens with two attached hydrogens (primary N) is 2. The topological polar surface area (TPSA) is 131 Å². The average molecular weight is 514 g/mol. The highest BCUT2D eigenvalue weighted by Gasteiger charge is 2.26. The van der Waals surface area contributed by atoms with Crippen LogP contribution < -0.4 is 22.1 Å². The van der Waals surface area contributed by atoms with Crippen LogP contribution >= 0.6 is 23.2 Å². The largest absolute Gasteiger partial charge is 0.370 e. The standard InChI is InChI=1S/C25H29Cl2N7O/c1-14-6-9-19-17(12-14)22(32-20-4-2-3-5-21(20)33-25(28)29)34-23(31-19)24(35)30-11-10-15-7-8-16(26)13-18(15)27/h6-9,12-13,20-21H,2-5,10-11H2,1H3,(H,30,35)(H4,28,29,33)(H,31,32,34). The number of carbonyl (C=O) groups excluding carboxylic acids is 1. The summed E-state index contributed by atoms with van der Waals surface area (Å²) in [6.07, 6.45) is 4.48. The molecule has 1 fully saturated rings. The van der Waals surface area contributed by atoms with Gasteiger partial charge in [-0.05, 0) is 56.0 Å². The van der Waals surface area contributed by atoms with Gasteiger partial charge in [-0.25, -0.2) is 15.0 Å². The molecule has 6 N–H and O–H groups in total. The first-order chi connectivity index (χ1) is 16.8. The lowest BCUT2D eigenvalue weighted by atomic mass is 9.90. The van der Waals surface area contributed by atoms with E-state index in [1.165, 1.54) is 0 Å². The molecule has 0 aliphatic heterocycles. The minimum Gasteiger partial charge on any atom is -0.370 e. The molecule has 1 aromatic heterocycles. The number of guanidine groups is 1. The SMILES string of the molecule is Cc1ccc2nc(C(=O)NCCc3ccc(Cl)cc3Cl)nc(NC3CCCCC3N=C(N)N)c2c1. The first-order valence-electron chi connectivity index (χ1n) is 11.7. The fourth-order valence-corrected chi connectivity index (χ4v) is 4.87. The van der Waals surface area contributed by atoms with E-state index in [-0.39, 0.29) is 29.8 Å². The molecular formula is C25H29Cl2N7O. The molecule has 0 radical (unpaired) electrons. The fraction of sp³-hybridized carbons (Fsp3) is 0.360. The number of anilines is 1. The normalized spacial score (nSPS) is 17.7. The van der Waals surface area contributed by atoms with Crippen LogP contribution in [0.2, 0.25) is 10.0 Å². The van der Waals surface area contributed by atoms with Crippen LogP contribution in [0, 0.1) is 6.92 Å². The van der Waals surface area contributed by atoms with Gasteiger partial charge in [0.25, 0.3) is 5.91 Å². The highest BCUT2D eigenvalue weighted by Crippen LogP contribution is 2.28. The third kappa shape index (κ3) is 6.32. The predicted octanol–water partition coefficient (Wildman–Crippen LogP) is 4.21. The summed E-state index contributed by atoms with van der Waals surface area (Å²) in [4.78, 5) is 26.5. The lowest BCUT2D eigenvalue weighted by molar-refractivity contribution is 0.0944. The van der Waals surface area contributed by atoms with Crippen molar-refractivity contribution in [3.05, 3.63) is 63.4 Å². The first kappa shape index (κ1) is 25.0. The molecule has 0 saturated heterocycles. The van der Waals surface area contributed by atoms with Crippen LogP contribution in [0.3, 0.4) is 0 Å². The number of hydrogen-bond donors (Lipinski definition) is 4. The van der Waals surface area contributed by atoms with Gasteiger partial charge in [-0.1, -0.05) is 53.7 Å². The molecule has 1 amide bonds. The molecule has 10 heteroatoms. The fourth-order valence-electron chi connectivity index (χ4n) is 4.37. The Kier molecular flexibility index (Phi) is 7.93. The Labute approximate surface area is 214 Å². The Bertz CT molecular complexity index is 1260.